The van der Waals surface area contributed by atoms with Crippen LogP contribution in [0.15, 0.2) is 48.8 Å². The second-order valence-corrected chi connectivity index (χ2v) is 9.14. The van der Waals surface area contributed by atoms with Gasteiger partial charge in [-0.2, -0.15) is 4.98 Å². The van der Waals surface area contributed by atoms with Crippen LogP contribution in [0.25, 0.3) is 10.3 Å². The van der Waals surface area contributed by atoms with Crippen molar-refractivity contribution in [3.63, 3.8) is 0 Å². The Kier molecular flexibility index (Phi) is 5.96. The van der Waals surface area contributed by atoms with Crippen molar-refractivity contribution in [2.75, 3.05) is 23.7 Å². The smallest absolute Gasteiger partial charge is 0.189 e. The fourth-order valence-electron chi connectivity index (χ4n) is 3.95. The summed E-state index contributed by atoms with van der Waals surface area (Å²) in [7, 11) is 0. The van der Waals surface area contributed by atoms with E-state index in [1.165, 1.54) is 61.6 Å². The number of likely N-dealkylation sites (tertiary alicyclic amines) is 1. The molecule has 1 aliphatic heterocycles. The van der Waals surface area contributed by atoms with E-state index in [1.807, 2.05) is 0 Å². The van der Waals surface area contributed by atoms with E-state index in [2.05, 4.69) is 54.8 Å². The molecular weight excluding hydrogens is 423 g/mol. The van der Waals surface area contributed by atoms with Gasteiger partial charge in [0.25, 0.3) is 0 Å². The molecule has 164 valence electrons. The first kappa shape index (κ1) is 20.8. The van der Waals surface area contributed by atoms with E-state index in [0.29, 0.717) is 17.0 Å². The number of halogens is 1. The Hall–Kier alpha value is -3.10. The lowest BCUT2D eigenvalue weighted by Gasteiger charge is -2.26. The molecule has 6 nitrogen and oxygen atoms in total. The van der Waals surface area contributed by atoms with Crippen LogP contribution in [0.1, 0.15) is 30.4 Å². The Morgan fingerprint density at radius 3 is 2.53 bits per heavy atom. The minimum absolute atomic E-state index is 0.227. The number of hydrogen-bond donors (Lipinski definition) is 2. The van der Waals surface area contributed by atoms with Gasteiger partial charge in [-0.15, -0.1) is 0 Å². The number of rotatable bonds is 6. The summed E-state index contributed by atoms with van der Waals surface area (Å²) in [4.78, 5) is 15.8. The highest BCUT2D eigenvalue weighted by atomic mass is 32.1. The lowest BCUT2D eigenvalue weighted by Crippen LogP contribution is -2.28. The molecule has 0 radical (unpaired) electrons. The molecule has 0 unspecified atom stereocenters. The highest BCUT2D eigenvalue weighted by Crippen LogP contribution is 2.33. The number of piperidine rings is 1. The Labute approximate surface area is 190 Å². The van der Waals surface area contributed by atoms with Crippen LogP contribution in [0.2, 0.25) is 0 Å². The number of aromatic nitrogens is 3. The van der Waals surface area contributed by atoms with E-state index in [0.717, 1.165) is 27.8 Å². The number of thiazole rings is 1. The van der Waals surface area contributed by atoms with E-state index in [1.54, 1.807) is 19.1 Å². The summed E-state index contributed by atoms with van der Waals surface area (Å²) in [5.74, 6) is 0.429. The van der Waals surface area contributed by atoms with Gasteiger partial charge in [-0.05, 0) is 74.3 Å². The van der Waals surface area contributed by atoms with Gasteiger partial charge in [-0.1, -0.05) is 29.9 Å². The molecule has 3 heterocycles. The number of nitrogens with zero attached hydrogens (tertiary/aromatic N) is 4. The van der Waals surface area contributed by atoms with Crippen molar-refractivity contribution in [2.24, 2.45) is 0 Å². The van der Waals surface area contributed by atoms with E-state index in [-0.39, 0.29) is 5.82 Å². The number of hydrogen-bond acceptors (Lipinski definition) is 7. The molecule has 2 aromatic carbocycles. The van der Waals surface area contributed by atoms with Crippen LogP contribution in [0.4, 0.5) is 26.7 Å². The second-order valence-electron chi connectivity index (χ2n) is 8.14. The Bertz CT molecular complexity index is 1220. The molecule has 8 heteroatoms. The van der Waals surface area contributed by atoms with Crippen molar-refractivity contribution in [1.82, 2.24) is 19.9 Å². The molecule has 0 amide bonds. The van der Waals surface area contributed by atoms with Crippen LogP contribution < -0.4 is 10.6 Å². The third-order valence-corrected chi connectivity index (χ3v) is 6.64. The zero-order valence-corrected chi connectivity index (χ0v) is 18.8. The molecule has 32 heavy (non-hydrogen) atoms. The van der Waals surface area contributed by atoms with E-state index >= 15 is 0 Å². The van der Waals surface area contributed by atoms with Crippen molar-refractivity contribution in [3.8, 4) is 0 Å². The van der Waals surface area contributed by atoms with Gasteiger partial charge in [0, 0.05) is 17.9 Å². The molecule has 0 bridgehead atoms. The average molecular weight is 449 g/mol. The van der Waals surface area contributed by atoms with Crippen molar-refractivity contribution in [2.45, 2.75) is 32.7 Å². The van der Waals surface area contributed by atoms with Gasteiger partial charge in [0.1, 0.15) is 16.8 Å². The Balaban J connectivity index is 1.30. The van der Waals surface area contributed by atoms with E-state index in [9.17, 15) is 4.39 Å². The van der Waals surface area contributed by atoms with Crippen LogP contribution in [-0.4, -0.2) is 32.9 Å². The zero-order chi connectivity index (χ0) is 21.9. The lowest BCUT2D eigenvalue weighted by molar-refractivity contribution is 0.221. The molecule has 0 saturated carbocycles. The fraction of sp³-hybridized carbons (Fsp3) is 0.292. The summed E-state index contributed by atoms with van der Waals surface area (Å²) in [5, 5.41) is 7.39. The maximum absolute atomic E-state index is 13.6. The SMILES string of the molecule is Cc1cc(Nc2ncnc3nc(Nc4ccc(CN5CCCCC5)cc4)sc23)ccc1F. The molecule has 0 atom stereocenters. The third kappa shape index (κ3) is 4.71. The van der Waals surface area contributed by atoms with E-state index in [4.69, 9.17) is 0 Å². The molecule has 5 rings (SSSR count). The van der Waals surface area contributed by atoms with Crippen LogP contribution in [0.3, 0.4) is 0 Å². The monoisotopic (exact) mass is 448 g/mol. The number of benzene rings is 2. The van der Waals surface area contributed by atoms with Crippen molar-refractivity contribution < 1.29 is 4.39 Å². The van der Waals surface area contributed by atoms with Crippen LogP contribution in [-0.2, 0) is 6.54 Å². The third-order valence-electron chi connectivity index (χ3n) is 5.67. The van der Waals surface area contributed by atoms with Gasteiger partial charge in [-0.3, -0.25) is 4.90 Å². The van der Waals surface area contributed by atoms with Gasteiger partial charge >= 0.3 is 0 Å². The Morgan fingerprint density at radius 1 is 0.969 bits per heavy atom. The van der Waals surface area contributed by atoms with Crippen molar-refractivity contribution >= 4 is 44.0 Å². The fourth-order valence-corrected chi connectivity index (χ4v) is 4.83. The molecule has 0 spiro atoms. The van der Waals surface area contributed by atoms with E-state index < -0.39 is 0 Å². The molecule has 0 aliphatic carbocycles. The van der Waals surface area contributed by atoms with Crippen molar-refractivity contribution in [1.29, 1.82) is 0 Å². The zero-order valence-electron chi connectivity index (χ0n) is 17.9. The average Bonchev–Trinajstić information content (AvgIpc) is 3.22. The first-order valence-corrected chi connectivity index (χ1v) is 11.7. The Morgan fingerprint density at radius 2 is 1.75 bits per heavy atom. The van der Waals surface area contributed by atoms with Crippen LogP contribution in [0.5, 0.6) is 0 Å². The second kappa shape index (κ2) is 9.18. The largest absolute Gasteiger partial charge is 0.339 e. The minimum Gasteiger partial charge on any atom is -0.339 e. The van der Waals surface area contributed by atoms with Gasteiger partial charge in [0.05, 0.1) is 0 Å². The highest BCUT2D eigenvalue weighted by Gasteiger charge is 2.13. The van der Waals surface area contributed by atoms with Crippen molar-refractivity contribution in [3.05, 3.63) is 65.7 Å². The first-order valence-electron chi connectivity index (χ1n) is 10.9. The highest BCUT2D eigenvalue weighted by molar-refractivity contribution is 7.22. The summed E-state index contributed by atoms with van der Waals surface area (Å²) in [6.07, 6.45) is 5.45. The summed E-state index contributed by atoms with van der Waals surface area (Å²) in [5.41, 5.74) is 4.29. The molecule has 2 N–H and O–H groups in total. The van der Waals surface area contributed by atoms with Gasteiger partial charge in [0.15, 0.2) is 16.6 Å². The first-order chi connectivity index (χ1) is 15.6. The maximum Gasteiger partial charge on any atom is 0.189 e. The molecule has 2 aromatic heterocycles. The molecule has 1 fully saturated rings. The predicted octanol–water partition coefficient (Wildman–Crippen LogP) is 6.01. The summed E-state index contributed by atoms with van der Waals surface area (Å²) in [6.45, 7) is 5.14. The number of nitrogens with one attached hydrogen (secondary N) is 2. The predicted molar refractivity (Wildman–Crippen MR) is 128 cm³/mol. The minimum atomic E-state index is -0.227. The topological polar surface area (TPSA) is 66.0 Å². The normalized spacial score (nSPS) is 14.6. The number of aryl methyl sites for hydroxylation is 1. The molecule has 1 aliphatic rings. The van der Waals surface area contributed by atoms with Crippen LogP contribution in [0, 0.1) is 12.7 Å². The van der Waals surface area contributed by atoms with Crippen LogP contribution >= 0.6 is 11.3 Å². The van der Waals surface area contributed by atoms with Gasteiger partial charge in [0.2, 0.25) is 0 Å². The summed E-state index contributed by atoms with van der Waals surface area (Å²) >= 11 is 1.49. The summed E-state index contributed by atoms with van der Waals surface area (Å²) in [6, 6.07) is 13.4. The quantitative estimate of drug-likeness (QED) is 0.377. The number of anilines is 4. The maximum atomic E-state index is 13.6. The molecule has 1 saturated heterocycles. The molecule has 4 aromatic rings. The van der Waals surface area contributed by atoms with Gasteiger partial charge < -0.3 is 10.6 Å². The lowest BCUT2D eigenvalue weighted by atomic mass is 10.1. The number of fused-ring (bicyclic) bond motifs is 1. The summed E-state index contributed by atoms with van der Waals surface area (Å²) < 4.78 is 14.4. The molecular formula is C24H25FN6S. The standard InChI is InChI=1S/C24H25FN6S/c1-16-13-19(9-10-20(16)25)28-22-21-23(27-15-26-22)30-24(32-21)29-18-7-5-17(6-8-18)14-31-11-3-2-4-12-31/h5-10,13,15H,2-4,11-12,14H2,1H3,(H2,26,27,28,29,30). The van der Waals surface area contributed by atoms with Gasteiger partial charge in [-0.25, -0.2) is 14.4 Å².